The molecule has 1 aromatic heterocycles. The first-order valence-electron chi connectivity index (χ1n) is 6.09. The molecule has 1 aromatic rings. The summed E-state index contributed by atoms with van der Waals surface area (Å²) in [6.45, 7) is 0.344. The first kappa shape index (κ1) is 13.3. The van der Waals surface area contributed by atoms with Gasteiger partial charge in [-0.05, 0) is 18.9 Å². The van der Waals surface area contributed by atoms with Crippen LogP contribution in [-0.4, -0.2) is 40.1 Å². The maximum Gasteiger partial charge on any atom is 0.256 e. The third-order valence-electron chi connectivity index (χ3n) is 3.41. The summed E-state index contributed by atoms with van der Waals surface area (Å²) < 4.78 is 0. The summed E-state index contributed by atoms with van der Waals surface area (Å²) >= 11 is 5.96. The highest BCUT2D eigenvalue weighted by Crippen LogP contribution is 2.30. The molecule has 0 bridgehead atoms. The molecular formula is C13H17ClN2O2. The number of hydrogen-bond acceptors (Lipinski definition) is 3. The first-order chi connectivity index (χ1) is 8.52. The molecule has 0 spiro atoms. The Kier molecular flexibility index (Phi) is 3.88. The van der Waals surface area contributed by atoms with Crippen LogP contribution in [0.3, 0.4) is 0 Å². The van der Waals surface area contributed by atoms with Crippen LogP contribution in [0.1, 0.15) is 36.0 Å². The lowest BCUT2D eigenvalue weighted by Gasteiger charge is -2.28. The van der Waals surface area contributed by atoms with Crippen molar-refractivity contribution in [3.63, 3.8) is 0 Å². The van der Waals surface area contributed by atoms with Crippen molar-refractivity contribution < 1.29 is 9.90 Å². The first-order valence-corrected chi connectivity index (χ1v) is 6.47. The van der Waals surface area contributed by atoms with E-state index in [1.807, 2.05) is 0 Å². The number of carbonyl (C=O) groups excluding carboxylic acids is 1. The van der Waals surface area contributed by atoms with E-state index >= 15 is 0 Å². The van der Waals surface area contributed by atoms with Crippen molar-refractivity contribution in [1.82, 2.24) is 9.88 Å². The molecule has 0 saturated heterocycles. The SMILES string of the molecule is CN(CC1(O)CCCC1)C(=O)c1cnccc1Cl. The Morgan fingerprint density at radius 3 is 2.83 bits per heavy atom. The minimum atomic E-state index is -0.737. The molecule has 1 amide bonds. The number of aromatic nitrogens is 1. The quantitative estimate of drug-likeness (QED) is 0.914. The van der Waals surface area contributed by atoms with E-state index in [0.717, 1.165) is 25.7 Å². The standard InChI is InChI=1S/C13H17ClN2O2/c1-16(9-13(18)5-2-3-6-13)12(17)10-8-15-7-4-11(10)14/h4,7-8,18H,2-3,5-6,9H2,1H3. The minimum Gasteiger partial charge on any atom is -0.388 e. The number of halogens is 1. The van der Waals surface area contributed by atoms with Gasteiger partial charge in [-0.2, -0.15) is 0 Å². The summed E-state index contributed by atoms with van der Waals surface area (Å²) in [5.74, 6) is -0.201. The van der Waals surface area contributed by atoms with Gasteiger partial charge in [-0.15, -0.1) is 0 Å². The second-order valence-corrected chi connectivity index (χ2v) is 5.36. The number of carbonyl (C=O) groups is 1. The van der Waals surface area contributed by atoms with Gasteiger partial charge in [0.25, 0.3) is 5.91 Å². The molecule has 0 unspecified atom stereocenters. The van der Waals surface area contributed by atoms with Gasteiger partial charge in [-0.3, -0.25) is 9.78 Å². The summed E-state index contributed by atoms with van der Waals surface area (Å²) in [6.07, 6.45) is 6.55. The Morgan fingerprint density at radius 1 is 1.56 bits per heavy atom. The second kappa shape index (κ2) is 5.24. The number of likely N-dealkylation sites (N-methyl/N-ethyl adjacent to an activating group) is 1. The van der Waals surface area contributed by atoms with E-state index in [2.05, 4.69) is 4.98 Å². The van der Waals surface area contributed by atoms with Gasteiger partial charge in [-0.25, -0.2) is 0 Å². The van der Waals surface area contributed by atoms with E-state index in [1.54, 1.807) is 19.3 Å². The molecular weight excluding hydrogens is 252 g/mol. The summed E-state index contributed by atoms with van der Waals surface area (Å²) in [6, 6.07) is 1.59. The van der Waals surface area contributed by atoms with E-state index in [9.17, 15) is 9.90 Å². The molecule has 18 heavy (non-hydrogen) atoms. The molecule has 5 heteroatoms. The predicted octanol–water partition coefficient (Wildman–Crippen LogP) is 2.11. The molecule has 1 fully saturated rings. The Labute approximate surface area is 112 Å². The smallest absolute Gasteiger partial charge is 0.256 e. The Balaban J connectivity index is 2.07. The normalized spacial score (nSPS) is 17.7. The molecule has 0 atom stereocenters. The van der Waals surface area contributed by atoms with Gasteiger partial charge < -0.3 is 10.0 Å². The molecule has 1 saturated carbocycles. The van der Waals surface area contributed by atoms with Crippen LogP contribution in [0.15, 0.2) is 18.5 Å². The van der Waals surface area contributed by atoms with Gasteiger partial charge in [0, 0.05) is 26.0 Å². The van der Waals surface area contributed by atoms with Crippen LogP contribution in [0.2, 0.25) is 5.02 Å². The molecule has 1 N–H and O–H groups in total. The zero-order chi connectivity index (χ0) is 13.2. The lowest BCUT2D eigenvalue weighted by Crippen LogP contribution is -2.42. The maximum absolute atomic E-state index is 12.2. The molecule has 4 nitrogen and oxygen atoms in total. The largest absolute Gasteiger partial charge is 0.388 e. The molecule has 0 radical (unpaired) electrons. The summed E-state index contributed by atoms with van der Waals surface area (Å²) in [7, 11) is 1.68. The lowest BCUT2D eigenvalue weighted by molar-refractivity contribution is 0.0156. The molecule has 0 aromatic carbocycles. The second-order valence-electron chi connectivity index (χ2n) is 4.95. The topological polar surface area (TPSA) is 53.4 Å². The van der Waals surface area contributed by atoms with E-state index in [1.165, 1.54) is 11.1 Å². The summed E-state index contributed by atoms with van der Waals surface area (Å²) in [5.41, 5.74) is -0.359. The minimum absolute atomic E-state index is 0.201. The fourth-order valence-electron chi connectivity index (χ4n) is 2.44. The number of rotatable bonds is 3. The van der Waals surface area contributed by atoms with Crippen LogP contribution in [0.5, 0.6) is 0 Å². The highest BCUT2D eigenvalue weighted by Gasteiger charge is 2.33. The molecule has 1 heterocycles. The van der Waals surface area contributed by atoms with Crippen molar-refractivity contribution in [2.45, 2.75) is 31.3 Å². The average Bonchev–Trinajstić information content (AvgIpc) is 2.75. The van der Waals surface area contributed by atoms with Crippen molar-refractivity contribution in [1.29, 1.82) is 0 Å². The predicted molar refractivity (Wildman–Crippen MR) is 69.6 cm³/mol. The zero-order valence-electron chi connectivity index (χ0n) is 10.4. The van der Waals surface area contributed by atoms with Crippen molar-refractivity contribution in [2.24, 2.45) is 0 Å². The maximum atomic E-state index is 12.2. The van der Waals surface area contributed by atoms with Crippen molar-refractivity contribution in [2.75, 3.05) is 13.6 Å². The van der Waals surface area contributed by atoms with Crippen LogP contribution in [0, 0.1) is 0 Å². The van der Waals surface area contributed by atoms with Crippen molar-refractivity contribution in [3.05, 3.63) is 29.0 Å². The van der Waals surface area contributed by atoms with Gasteiger partial charge in [0.05, 0.1) is 16.2 Å². The monoisotopic (exact) mass is 268 g/mol. The molecule has 1 aliphatic carbocycles. The van der Waals surface area contributed by atoms with Crippen LogP contribution in [0.4, 0.5) is 0 Å². The number of hydrogen-bond donors (Lipinski definition) is 1. The molecule has 98 valence electrons. The van der Waals surface area contributed by atoms with Gasteiger partial charge in [-0.1, -0.05) is 24.4 Å². The van der Waals surface area contributed by atoms with Crippen LogP contribution >= 0.6 is 11.6 Å². The Morgan fingerprint density at radius 2 is 2.22 bits per heavy atom. The van der Waals surface area contributed by atoms with E-state index < -0.39 is 5.60 Å². The van der Waals surface area contributed by atoms with Crippen molar-refractivity contribution >= 4 is 17.5 Å². The van der Waals surface area contributed by atoms with E-state index in [-0.39, 0.29) is 5.91 Å². The van der Waals surface area contributed by atoms with Gasteiger partial charge >= 0.3 is 0 Å². The van der Waals surface area contributed by atoms with Crippen LogP contribution < -0.4 is 0 Å². The third-order valence-corrected chi connectivity index (χ3v) is 3.74. The molecule has 1 aliphatic rings. The molecule has 0 aliphatic heterocycles. The number of amides is 1. The number of nitrogens with zero attached hydrogens (tertiary/aromatic N) is 2. The molecule has 2 rings (SSSR count). The van der Waals surface area contributed by atoms with Crippen LogP contribution in [0.25, 0.3) is 0 Å². The fourth-order valence-corrected chi connectivity index (χ4v) is 2.63. The third kappa shape index (κ3) is 2.82. The number of pyridine rings is 1. The van der Waals surface area contributed by atoms with Gasteiger partial charge in [0.1, 0.15) is 0 Å². The fraction of sp³-hybridized carbons (Fsp3) is 0.538. The summed E-state index contributed by atoms with van der Waals surface area (Å²) in [4.78, 5) is 17.6. The average molecular weight is 269 g/mol. The van der Waals surface area contributed by atoms with E-state index in [0.29, 0.717) is 17.1 Å². The van der Waals surface area contributed by atoms with Crippen molar-refractivity contribution in [3.8, 4) is 0 Å². The highest BCUT2D eigenvalue weighted by atomic mass is 35.5. The van der Waals surface area contributed by atoms with Crippen LogP contribution in [-0.2, 0) is 0 Å². The highest BCUT2D eigenvalue weighted by molar-refractivity contribution is 6.33. The van der Waals surface area contributed by atoms with E-state index in [4.69, 9.17) is 11.6 Å². The summed E-state index contributed by atoms with van der Waals surface area (Å²) in [5, 5.41) is 10.7. The zero-order valence-corrected chi connectivity index (χ0v) is 11.2. The Bertz CT molecular complexity index is 444. The number of aliphatic hydroxyl groups is 1. The van der Waals surface area contributed by atoms with Gasteiger partial charge in [0.2, 0.25) is 0 Å². The Hall–Kier alpha value is -1.13. The lowest BCUT2D eigenvalue weighted by atomic mass is 10.0. The van der Waals surface area contributed by atoms with Gasteiger partial charge in [0.15, 0.2) is 0 Å².